The number of rotatable bonds is 2. The van der Waals surface area contributed by atoms with E-state index in [-0.39, 0.29) is 17.6 Å². The van der Waals surface area contributed by atoms with Crippen molar-refractivity contribution >= 4 is 0 Å². The largest absolute Gasteiger partial charge is 0.349 e. The molecule has 1 heterocycles. The van der Waals surface area contributed by atoms with Crippen molar-refractivity contribution in [3.63, 3.8) is 0 Å². The molecule has 1 saturated heterocycles. The average Bonchev–Trinajstić information content (AvgIpc) is 2.48. The predicted molar refractivity (Wildman–Crippen MR) is 58.1 cm³/mol. The van der Waals surface area contributed by atoms with E-state index in [9.17, 15) is 0 Å². The van der Waals surface area contributed by atoms with Crippen LogP contribution >= 0.6 is 0 Å². The van der Waals surface area contributed by atoms with Crippen LogP contribution in [0.25, 0.3) is 0 Å². The molecule has 0 saturated carbocycles. The van der Waals surface area contributed by atoms with Gasteiger partial charge in [-0.25, -0.2) is 0 Å². The molecule has 3 atom stereocenters. The average molecular weight is 200 g/mol. The summed E-state index contributed by atoms with van der Waals surface area (Å²) in [4.78, 5) is 0. The first kappa shape index (κ1) is 12.0. The SMILES string of the molecule is CC(C)C(C)C1OCOC1C(C)(C)C. The first-order valence-corrected chi connectivity index (χ1v) is 5.57. The Bertz CT molecular complexity index is 181. The van der Waals surface area contributed by atoms with E-state index in [4.69, 9.17) is 9.47 Å². The lowest BCUT2D eigenvalue weighted by atomic mass is 9.79. The van der Waals surface area contributed by atoms with Crippen molar-refractivity contribution in [2.75, 3.05) is 6.79 Å². The van der Waals surface area contributed by atoms with Gasteiger partial charge in [-0.2, -0.15) is 0 Å². The molecular formula is C12H24O2. The molecule has 0 bridgehead atoms. The van der Waals surface area contributed by atoms with Gasteiger partial charge in [0, 0.05) is 0 Å². The molecule has 1 fully saturated rings. The summed E-state index contributed by atoms with van der Waals surface area (Å²) in [5, 5.41) is 0. The molecule has 0 aromatic carbocycles. The van der Waals surface area contributed by atoms with Gasteiger partial charge in [0.25, 0.3) is 0 Å². The molecular weight excluding hydrogens is 176 g/mol. The first-order chi connectivity index (χ1) is 6.34. The summed E-state index contributed by atoms with van der Waals surface area (Å²) in [5.74, 6) is 1.20. The summed E-state index contributed by atoms with van der Waals surface area (Å²) in [6, 6.07) is 0. The quantitative estimate of drug-likeness (QED) is 0.682. The van der Waals surface area contributed by atoms with Crippen LogP contribution in [0.1, 0.15) is 41.5 Å². The van der Waals surface area contributed by atoms with E-state index in [0.29, 0.717) is 18.6 Å². The number of hydrogen-bond donors (Lipinski definition) is 0. The second-order valence-electron chi connectivity index (χ2n) is 5.81. The molecule has 0 radical (unpaired) electrons. The fourth-order valence-corrected chi connectivity index (χ4v) is 1.92. The van der Waals surface area contributed by atoms with E-state index in [2.05, 4.69) is 41.5 Å². The van der Waals surface area contributed by atoms with Crippen molar-refractivity contribution in [1.82, 2.24) is 0 Å². The van der Waals surface area contributed by atoms with Crippen LogP contribution in [-0.2, 0) is 9.47 Å². The number of ether oxygens (including phenoxy) is 2. The topological polar surface area (TPSA) is 18.5 Å². The highest BCUT2D eigenvalue weighted by molar-refractivity contribution is 4.88. The van der Waals surface area contributed by atoms with Crippen molar-refractivity contribution in [2.24, 2.45) is 17.3 Å². The third kappa shape index (κ3) is 2.48. The zero-order valence-corrected chi connectivity index (χ0v) is 10.3. The van der Waals surface area contributed by atoms with E-state index in [1.54, 1.807) is 0 Å². The lowest BCUT2D eigenvalue weighted by molar-refractivity contribution is 0.00853. The molecule has 0 aliphatic carbocycles. The molecule has 2 heteroatoms. The van der Waals surface area contributed by atoms with Gasteiger partial charge in [-0.3, -0.25) is 0 Å². The smallest absolute Gasteiger partial charge is 0.147 e. The molecule has 1 aliphatic rings. The monoisotopic (exact) mass is 200 g/mol. The summed E-state index contributed by atoms with van der Waals surface area (Å²) in [7, 11) is 0. The molecule has 2 nitrogen and oxygen atoms in total. The Morgan fingerprint density at radius 1 is 1.07 bits per heavy atom. The van der Waals surface area contributed by atoms with Gasteiger partial charge < -0.3 is 9.47 Å². The van der Waals surface area contributed by atoms with Crippen LogP contribution in [-0.4, -0.2) is 19.0 Å². The summed E-state index contributed by atoms with van der Waals surface area (Å²) in [5.41, 5.74) is 0.171. The maximum Gasteiger partial charge on any atom is 0.147 e. The highest BCUT2D eigenvalue weighted by Crippen LogP contribution is 2.35. The zero-order chi connectivity index (χ0) is 10.9. The molecule has 0 N–H and O–H groups in total. The first-order valence-electron chi connectivity index (χ1n) is 5.57. The van der Waals surface area contributed by atoms with Crippen LogP contribution in [0, 0.1) is 17.3 Å². The van der Waals surface area contributed by atoms with Crippen molar-refractivity contribution < 1.29 is 9.47 Å². The van der Waals surface area contributed by atoms with Gasteiger partial charge in [0.1, 0.15) is 6.79 Å². The van der Waals surface area contributed by atoms with Gasteiger partial charge in [-0.05, 0) is 17.3 Å². The van der Waals surface area contributed by atoms with E-state index in [0.717, 1.165) is 0 Å². The molecule has 1 aliphatic heterocycles. The molecule has 0 aromatic heterocycles. The maximum atomic E-state index is 5.69. The maximum absolute atomic E-state index is 5.69. The number of hydrogen-bond acceptors (Lipinski definition) is 2. The molecule has 84 valence electrons. The van der Waals surface area contributed by atoms with Crippen LogP contribution in [0.15, 0.2) is 0 Å². The van der Waals surface area contributed by atoms with Gasteiger partial charge >= 0.3 is 0 Å². The van der Waals surface area contributed by atoms with E-state index in [1.807, 2.05) is 0 Å². The van der Waals surface area contributed by atoms with Crippen LogP contribution in [0.5, 0.6) is 0 Å². The molecule has 0 spiro atoms. The lowest BCUT2D eigenvalue weighted by Crippen LogP contribution is -2.40. The Morgan fingerprint density at radius 3 is 2.07 bits per heavy atom. The molecule has 1 rings (SSSR count). The minimum atomic E-state index is 0.171. The zero-order valence-electron chi connectivity index (χ0n) is 10.3. The van der Waals surface area contributed by atoms with Crippen LogP contribution in [0.3, 0.4) is 0 Å². The molecule has 0 amide bonds. The van der Waals surface area contributed by atoms with Gasteiger partial charge in [-0.15, -0.1) is 0 Å². The van der Waals surface area contributed by atoms with Gasteiger partial charge in [0.2, 0.25) is 0 Å². The van der Waals surface area contributed by atoms with Gasteiger partial charge in [-0.1, -0.05) is 41.5 Å². The minimum absolute atomic E-state index is 0.171. The predicted octanol–water partition coefficient (Wildman–Crippen LogP) is 3.07. The fraction of sp³-hybridized carbons (Fsp3) is 1.00. The van der Waals surface area contributed by atoms with E-state index < -0.39 is 0 Å². The Kier molecular flexibility index (Phi) is 3.59. The molecule has 14 heavy (non-hydrogen) atoms. The summed E-state index contributed by atoms with van der Waals surface area (Å²) in [6.45, 7) is 13.8. The van der Waals surface area contributed by atoms with E-state index >= 15 is 0 Å². The Labute approximate surface area is 88.0 Å². The third-order valence-electron chi connectivity index (χ3n) is 3.23. The lowest BCUT2D eigenvalue weighted by Gasteiger charge is -2.33. The third-order valence-corrected chi connectivity index (χ3v) is 3.23. The van der Waals surface area contributed by atoms with E-state index in [1.165, 1.54) is 0 Å². The van der Waals surface area contributed by atoms with Crippen LogP contribution in [0.4, 0.5) is 0 Å². The fourth-order valence-electron chi connectivity index (χ4n) is 1.92. The highest BCUT2D eigenvalue weighted by atomic mass is 16.7. The normalized spacial score (nSPS) is 31.1. The Morgan fingerprint density at radius 2 is 1.64 bits per heavy atom. The molecule has 0 aromatic rings. The summed E-state index contributed by atoms with van der Waals surface area (Å²) in [6.07, 6.45) is 0.495. The van der Waals surface area contributed by atoms with Crippen molar-refractivity contribution in [3.05, 3.63) is 0 Å². The highest BCUT2D eigenvalue weighted by Gasteiger charge is 2.41. The van der Waals surface area contributed by atoms with Gasteiger partial charge in [0.05, 0.1) is 12.2 Å². The Hall–Kier alpha value is -0.0800. The summed E-state index contributed by atoms with van der Waals surface area (Å²) < 4.78 is 11.4. The minimum Gasteiger partial charge on any atom is -0.349 e. The van der Waals surface area contributed by atoms with Crippen LogP contribution < -0.4 is 0 Å². The standard InChI is InChI=1S/C12H24O2/c1-8(2)9(3)10-11(12(4,5)6)14-7-13-10/h8-11H,7H2,1-6H3. The van der Waals surface area contributed by atoms with Crippen molar-refractivity contribution in [1.29, 1.82) is 0 Å². The second-order valence-corrected chi connectivity index (χ2v) is 5.81. The Balaban J connectivity index is 2.69. The molecule has 3 unspecified atom stereocenters. The van der Waals surface area contributed by atoms with Crippen molar-refractivity contribution in [3.8, 4) is 0 Å². The summed E-state index contributed by atoms with van der Waals surface area (Å²) >= 11 is 0. The van der Waals surface area contributed by atoms with Crippen LogP contribution in [0.2, 0.25) is 0 Å². The van der Waals surface area contributed by atoms with Crippen molar-refractivity contribution in [2.45, 2.75) is 53.8 Å². The second kappa shape index (κ2) is 4.19. The van der Waals surface area contributed by atoms with Gasteiger partial charge in [0.15, 0.2) is 0 Å².